The van der Waals surface area contributed by atoms with E-state index in [9.17, 15) is 4.79 Å². The van der Waals surface area contributed by atoms with Crippen molar-refractivity contribution in [2.24, 2.45) is 0 Å². The van der Waals surface area contributed by atoms with Gasteiger partial charge in [-0.1, -0.05) is 48.5 Å². The molecule has 32 heavy (non-hydrogen) atoms. The number of benzene rings is 2. The van der Waals surface area contributed by atoms with Crippen LogP contribution in [0.25, 0.3) is 6.08 Å². The number of ether oxygens (including phenoxy) is 2. The number of nitrogens with one attached hydrogen (secondary N) is 1. The number of thioether (sulfide) groups is 1. The summed E-state index contributed by atoms with van der Waals surface area (Å²) in [7, 11) is 1.57. The van der Waals surface area contributed by atoms with Crippen LogP contribution in [0, 0.1) is 5.41 Å². The number of methoxy groups -OCH3 is 1. The summed E-state index contributed by atoms with van der Waals surface area (Å²) in [5.74, 6) is 0.377. The van der Waals surface area contributed by atoms with Crippen LogP contribution in [0.1, 0.15) is 34.0 Å². The average molecular weight is 486 g/mol. The van der Waals surface area contributed by atoms with Gasteiger partial charge in [-0.2, -0.15) is 0 Å². The van der Waals surface area contributed by atoms with Gasteiger partial charge >= 0.3 is 0 Å². The fourth-order valence-electron chi connectivity index (χ4n) is 3.13. The molecule has 2 aromatic carbocycles. The zero-order valence-electron chi connectivity index (χ0n) is 17.4. The van der Waals surface area contributed by atoms with E-state index in [1.165, 1.54) is 23.1 Å². The Bertz CT molecular complexity index is 1190. The topological polar surface area (TPSA) is 85.2 Å². The van der Waals surface area contributed by atoms with Gasteiger partial charge in [-0.3, -0.25) is 10.2 Å². The van der Waals surface area contributed by atoms with E-state index in [0.717, 1.165) is 22.6 Å². The molecule has 1 aliphatic rings. The number of hydrogen-bond donors (Lipinski definition) is 1. The van der Waals surface area contributed by atoms with Gasteiger partial charge in [0.2, 0.25) is 0 Å². The normalized spacial score (nSPS) is 17.2. The van der Waals surface area contributed by atoms with Gasteiger partial charge in [-0.15, -0.1) is 21.5 Å². The quantitative estimate of drug-likeness (QED) is 0.428. The van der Waals surface area contributed by atoms with Crippen LogP contribution in [-0.2, 0) is 17.8 Å². The molecule has 1 N–H and O–H groups in total. The highest BCUT2D eigenvalue weighted by atomic mass is 35.5. The molecule has 9 heteroatoms. The maximum Gasteiger partial charge on any atom is 0.186 e. The van der Waals surface area contributed by atoms with E-state index in [-0.39, 0.29) is 10.8 Å². The van der Waals surface area contributed by atoms with Crippen LogP contribution in [0.4, 0.5) is 0 Å². The lowest BCUT2D eigenvalue weighted by Gasteiger charge is -2.11. The molecule has 1 saturated heterocycles. The number of allylic oxidation sites excluding steroid dienone is 1. The minimum absolute atomic E-state index is 0.124. The first kappa shape index (κ1) is 22.5. The molecule has 2 heterocycles. The van der Waals surface area contributed by atoms with E-state index in [2.05, 4.69) is 10.2 Å². The molecule has 4 rings (SSSR count). The number of carbonyl (C=O) groups is 1. The maximum absolute atomic E-state index is 13.0. The van der Waals surface area contributed by atoms with E-state index in [1.54, 1.807) is 13.2 Å². The highest BCUT2D eigenvalue weighted by Crippen LogP contribution is 2.42. The highest BCUT2D eigenvalue weighted by molar-refractivity contribution is 8.19. The number of ketones is 1. The molecular weight excluding hydrogens is 466 g/mol. The van der Waals surface area contributed by atoms with Gasteiger partial charge in [0.15, 0.2) is 17.3 Å². The molecule has 164 valence electrons. The molecular formula is C23H20ClN3O3S2. The van der Waals surface area contributed by atoms with E-state index in [0.29, 0.717) is 33.0 Å². The number of aryl methyl sites for hydroxylation is 1. The lowest BCUT2D eigenvalue weighted by molar-refractivity contribution is -0.114. The van der Waals surface area contributed by atoms with Crippen molar-refractivity contribution in [2.75, 3.05) is 7.11 Å². The summed E-state index contributed by atoms with van der Waals surface area (Å²) in [6, 6.07) is 12.9. The van der Waals surface area contributed by atoms with Crippen LogP contribution in [0.3, 0.4) is 0 Å². The Labute approximate surface area is 199 Å². The Morgan fingerprint density at radius 1 is 1.16 bits per heavy atom. The predicted molar refractivity (Wildman–Crippen MR) is 129 cm³/mol. The zero-order valence-corrected chi connectivity index (χ0v) is 19.8. The lowest BCUT2D eigenvalue weighted by atomic mass is 10.1. The van der Waals surface area contributed by atoms with Crippen molar-refractivity contribution in [3.63, 3.8) is 0 Å². The molecule has 0 saturated carbocycles. The molecule has 6 nitrogen and oxygen atoms in total. The highest BCUT2D eigenvalue weighted by Gasteiger charge is 2.39. The monoisotopic (exact) mass is 485 g/mol. The van der Waals surface area contributed by atoms with Gasteiger partial charge < -0.3 is 9.47 Å². The second-order valence-electron chi connectivity index (χ2n) is 6.99. The van der Waals surface area contributed by atoms with Crippen molar-refractivity contribution >= 4 is 51.6 Å². The SMILES string of the molecule is CCc1nnc([C@@H]2C(=N)S/C(=C\c3ccc(OCc4ccc(Cl)cc4)c(OC)c3)C2=O)s1. The molecule has 0 aliphatic carbocycles. The molecule has 1 atom stereocenters. The minimum atomic E-state index is -0.659. The van der Waals surface area contributed by atoms with Gasteiger partial charge in [-0.05, 0) is 47.9 Å². The van der Waals surface area contributed by atoms with Crippen LogP contribution in [0.2, 0.25) is 5.02 Å². The Hall–Kier alpha value is -2.68. The van der Waals surface area contributed by atoms with Crippen molar-refractivity contribution < 1.29 is 14.3 Å². The van der Waals surface area contributed by atoms with Crippen molar-refractivity contribution in [3.8, 4) is 11.5 Å². The molecule has 0 amide bonds. The number of halogens is 1. The van der Waals surface area contributed by atoms with Crippen LogP contribution in [0.5, 0.6) is 11.5 Å². The molecule has 0 bridgehead atoms. The Balaban J connectivity index is 1.51. The van der Waals surface area contributed by atoms with E-state index >= 15 is 0 Å². The lowest BCUT2D eigenvalue weighted by Crippen LogP contribution is -2.11. The van der Waals surface area contributed by atoms with Gasteiger partial charge in [0.05, 0.1) is 17.1 Å². The minimum Gasteiger partial charge on any atom is -0.493 e. The summed E-state index contributed by atoms with van der Waals surface area (Å²) < 4.78 is 11.4. The zero-order chi connectivity index (χ0) is 22.7. The summed E-state index contributed by atoms with van der Waals surface area (Å²) in [5.41, 5.74) is 1.78. The molecule has 0 radical (unpaired) electrons. The Kier molecular flexibility index (Phi) is 6.93. The second kappa shape index (κ2) is 9.85. The fraction of sp³-hybridized carbons (Fsp3) is 0.217. The maximum atomic E-state index is 13.0. The fourth-order valence-corrected chi connectivity index (χ4v) is 5.21. The van der Waals surface area contributed by atoms with Crippen molar-refractivity contribution in [1.82, 2.24) is 10.2 Å². The van der Waals surface area contributed by atoms with Gasteiger partial charge in [-0.25, -0.2) is 0 Å². The van der Waals surface area contributed by atoms with Crippen LogP contribution in [0.15, 0.2) is 47.4 Å². The summed E-state index contributed by atoms with van der Waals surface area (Å²) >= 11 is 8.48. The van der Waals surface area contributed by atoms with Gasteiger partial charge in [0, 0.05) is 5.02 Å². The third kappa shape index (κ3) is 4.87. The largest absolute Gasteiger partial charge is 0.493 e. The van der Waals surface area contributed by atoms with E-state index < -0.39 is 5.92 Å². The van der Waals surface area contributed by atoms with Crippen LogP contribution >= 0.6 is 34.7 Å². The summed E-state index contributed by atoms with van der Waals surface area (Å²) in [6.07, 6.45) is 2.53. The molecule has 3 aromatic rings. The third-order valence-electron chi connectivity index (χ3n) is 4.81. The Morgan fingerprint density at radius 3 is 2.62 bits per heavy atom. The molecule has 1 aromatic heterocycles. The first-order valence-electron chi connectivity index (χ1n) is 9.88. The Morgan fingerprint density at radius 2 is 1.94 bits per heavy atom. The number of nitrogens with zero attached hydrogens (tertiary/aromatic N) is 2. The summed E-state index contributed by atoms with van der Waals surface area (Å²) in [4.78, 5) is 13.5. The first-order valence-corrected chi connectivity index (χ1v) is 11.9. The number of carbonyl (C=O) groups excluding carboxylic acids is 1. The smallest absolute Gasteiger partial charge is 0.186 e. The first-order chi connectivity index (χ1) is 15.5. The van der Waals surface area contributed by atoms with Crippen LogP contribution < -0.4 is 9.47 Å². The number of Topliss-reactive ketones (excluding diaryl/α,β-unsaturated/α-hetero) is 1. The van der Waals surface area contributed by atoms with E-state index in [4.69, 9.17) is 26.5 Å². The average Bonchev–Trinajstić information content (AvgIpc) is 3.37. The molecule has 1 fully saturated rings. The van der Waals surface area contributed by atoms with Gasteiger partial charge in [0.25, 0.3) is 0 Å². The number of rotatable bonds is 7. The molecule has 0 unspecified atom stereocenters. The standard InChI is InChI=1S/C23H20ClN3O3S2/c1-3-19-26-27-23(32-19)20-21(28)18(31-22(20)25)11-14-6-9-16(17(10-14)29-2)30-12-13-4-7-15(24)8-5-13/h4-11,20,25H,3,12H2,1-2H3/b18-11-,25-22?/t20-/m0/s1. The van der Waals surface area contributed by atoms with Crippen molar-refractivity contribution in [1.29, 1.82) is 5.41 Å². The number of hydrogen-bond acceptors (Lipinski definition) is 8. The predicted octanol–water partition coefficient (Wildman–Crippen LogP) is 5.76. The van der Waals surface area contributed by atoms with E-state index in [1.807, 2.05) is 49.4 Å². The summed E-state index contributed by atoms with van der Waals surface area (Å²) in [6.45, 7) is 2.37. The van der Waals surface area contributed by atoms with Crippen LogP contribution in [-0.4, -0.2) is 28.1 Å². The number of aromatic nitrogens is 2. The molecule has 0 spiro atoms. The third-order valence-corrected chi connectivity index (χ3v) is 7.19. The second-order valence-corrected chi connectivity index (χ2v) is 9.60. The summed E-state index contributed by atoms with van der Waals surface area (Å²) in [5, 5.41) is 18.9. The van der Waals surface area contributed by atoms with Crippen molar-refractivity contribution in [3.05, 3.63) is 73.5 Å². The van der Waals surface area contributed by atoms with Crippen molar-refractivity contribution in [2.45, 2.75) is 25.9 Å². The van der Waals surface area contributed by atoms with Gasteiger partial charge in [0.1, 0.15) is 22.5 Å². The molecule has 1 aliphatic heterocycles.